The molecular formula is C11H13ClN2O2. The molecule has 0 aliphatic carbocycles. The molecule has 1 fully saturated rings. The Kier molecular flexibility index (Phi) is 3.31. The molecule has 1 heterocycles. The van der Waals surface area contributed by atoms with Crippen molar-refractivity contribution in [1.29, 1.82) is 0 Å². The molecule has 1 atom stereocenters. The van der Waals surface area contributed by atoms with Crippen molar-refractivity contribution in [3.05, 3.63) is 29.3 Å². The fourth-order valence-corrected chi connectivity index (χ4v) is 1.89. The molecule has 2 N–H and O–H groups in total. The summed E-state index contributed by atoms with van der Waals surface area (Å²) in [6.45, 7) is 0.986. The maximum Gasteiger partial charge on any atom is 0.321 e. The second-order valence-corrected chi connectivity index (χ2v) is 4.27. The van der Waals surface area contributed by atoms with Crippen LogP contribution in [0.1, 0.15) is 6.42 Å². The van der Waals surface area contributed by atoms with E-state index in [1.54, 1.807) is 29.2 Å². The van der Waals surface area contributed by atoms with Crippen molar-refractivity contribution in [2.75, 3.05) is 18.4 Å². The Bertz CT molecular complexity index is 397. The number of β-amino-alcohol motifs (C(OH)–C–C–N with tert-alkyl or cyclic N) is 1. The zero-order chi connectivity index (χ0) is 11.5. The molecule has 0 aromatic heterocycles. The predicted molar refractivity (Wildman–Crippen MR) is 62.7 cm³/mol. The van der Waals surface area contributed by atoms with Gasteiger partial charge < -0.3 is 15.3 Å². The molecule has 0 spiro atoms. The van der Waals surface area contributed by atoms with Crippen molar-refractivity contribution in [2.45, 2.75) is 12.5 Å². The molecule has 1 aromatic rings. The van der Waals surface area contributed by atoms with Crippen molar-refractivity contribution in [3.63, 3.8) is 0 Å². The number of hydrogen-bond donors (Lipinski definition) is 2. The maximum absolute atomic E-state index is 11.7. The summed E-state index contributed by atoms with van der Waals surface area (Å²) < 4.78 is 0. The van der Waals surface area contributed by atoms with Gasteiger partial charge in [-0.25, -0.2) is 4.79 Å². The molecule has 2 rings (SSSR count). The number of amides is 2. The van der Waals surface area contributed by atoms with E-state index in [0.717, 1.165) is 0 Å². The molecule has 4 nitrogen and oxygen atoms in total. The molecular weight excluding hydrogens is 228 g/mol. The van der Waals surface area contributed by atoms with E-state index in [-0.39, 0.29) is 6.03 Å². The molecule has 5 heteroatoms. The number of benzene rings is 1. The first-order chi connectivity index (χ1) is 7.65. The first-order valence-electron chi connectivity index (χ1n) is 5.15. The number of carbonyl (C=O) groups is 1. The Hall–Kier alpha value is -1.26. The third kappa shape index (κ3) is 2.65. The highest BCUT2D eigenvalue weighted by Gasteiger charge is 2.24. The highest BCUT2D eigenvalue weighted by molar-refractivity contribution is 6.30. The van der Waals surface area contributed by atoms with E-state index in [1.807, 2.05) is 0 Å². The first kappa shape index (κ1) is 11.2. The molecule has 2 amide bonds. The molecule has 1 aromatic carbocycles. The number of likely N-dealkylation sites (tertiary alicyclic amines) is 1. The molecule has 16 heavy (non-hydrogen) atoms. The Morgan fingerprint density at radius 2 is 2.38 bits per heavy atom. The van der Waals surface area contributed by atoms with Gasteiger partial charge in [-0.3, -0.25) is 0 Å². The maximum atomic E-state index is 11.7. The molecule has 86 valence electrons. The molecule has 1 aliphatic rings. The summed E-state index contributed by atoms with van der Waals surface area (Å²) in [5, 5.41) is 12.6. The predicted octanol–water partition coefficient (Wildman–Crippen LogP) is 1.94. The normalized spacial score (nSPS) is 19.9. The molecule has 0 unspecified atom stereocenters. The van der Waals surface area contributed by atoms with Gasteiger partial charge in [-0.1, -0.05) is 17.7 Å². The summed E-state index contributed by atoms with van der Waals surface area (Å²) in [5.74, 6) is 0. The number of nitrogens with one attached hydrogen (secondary N) is 1. The minimum absolute atomic E-state index is 0.196. The summed E-state index contributed by atoms with van der Waals surface area (Å²) in [4.78, 5) is 13.3. The van der Waals surface area contributed by atoms with Gasteiger partial charge in [0.1, 0.15) is 0 Å². The van der Waals surface area contributed by atoms with Crippen LogP contribution in [0.25, 0.3) is 0 Å². The zero-order valence-corrected chi connectivity index (χ0v) is 9.44. The van der Waals surface area contributed by atoms with Crippen LogP contribution in [0.2, 0.25) is 5.02 Å². The molecule has 0 radical (unpaired) electrons. The van der Waals surface area contributed by atoms with E-state index in [9.17, 15) is 9.90 Å². The third-order valence-electron chi connectivity index (χ3n) is 2.53. The average molecular weight is 241 g/mol. The Morgan fingerprint density at radius 3 is 3.00 bits per heavy atom. The van der Waals surface area contributed by atoms with Gasteiger partial charge in [0.2, 0.25) is 0 Å². The Balaban J connectivity index is 1.97. The van der Waals surface area contributed by atoms with Gasteiger partial charge in [-0.05, 0) is 24.6 Å². The van der Waals surface area contributed by atoms with Gasteiger partial charge in [0, 0.05) is 23.8 Å². The minimum atomic E-state index is -0.398. The molecule has 1 saturated heterocycles. The van der Waals surface area contributed by atoms with Gasteiger partial charge in [0.25, 0.3) is 0 Å². The van der Waals surface area contributed by atoms with Gasteiger partial charge in [-0.15, -0.1) is 0 Å². The smallest absolute Gasteiger partial charge is 0.321 e. The largest absolute Gasteiger partial charge is 0.391 e. The minimum Gasteiger partial charge on any atom is -0.391 e. The second-order valence-electron chi connectivity index (χ2n) is 3.83. The number of anilines is 1. The van der Waals surface area contributed by atoms with E-state index < -0.39 is 6.10 Å². The number of hydrogen-bond acceptors (Lipinski definition) is 2. The Morgan fingerprint density at radius 1 is 1.56 bits per heavy atom. The summed E-state index contributed by atoms with van der Waals surface area (Å²) >= 11 is 5.81. The van der Waals surface area contributed by atoms with Crippen LogP contribution < -0.4 is 5.32 Å². The van der Waals surface area contributed by atoms with Crippen molar-refractivity contribution in [2.24, 2.45) is 0 Å². The van der Waals surface area contributed by atoms with E-state index >= 15 is 0 Å². The van der Waals surface area contributed by atoms with E-state index in [0.29, 0.717) is 30.2 Å². The highest BCUT2D eigenvalue weighted by Crippen LogP contribution is 2.16. The van der Waals surface area contributed by atoms with Crippen molar-refractivity contribution < 1.29 is 9.90 Å². The fraction of sp³-hybridized carbons (Fsp3) is 0.364. The summed E-state index contributed by atoms with van der Waals surface area (Å²) in [7, 11) is 0. The standard InChI is InChI=1S/C11H13ClN2O2/c12-8-2-1-3-9(6-8)13-11(16)14-5-4-10(15)7-14/h1-3,6,10,15H,4-5,7H2,(H,13,16)/t10-/m1/s1. The SMILES string of the molecule is O=C(Nc1cccc(Cl)c1)N1CC[C@@H](O)C1. The molecule has 1 aliphatic heterocycles. The third-order valence-corrected chi connectivity index (χ3v) is 2.76. The number of urea groups is 1. The number of aliphatic hydroxyl groups is 1. The lowest BCUT2D eigenvalue weighted by Gasteiger charge is -2.16. The summed E-state index contributed by atoms with van der Waals surface area (Å²) in [6.07, 6.45) is 0.244. The quantitative estimate of drug-likeness (QED) is 0.788. The molecule has 0 bridgehead atoms. The van der Waals surface area contributed by atoms with Crippen LogP contribution in [0.15, 0.2) is 24.3 Å². The van der Waals surface area contributed by atoms with Crippen LogP contribution in [0.3, 0.4) is 0 Å². The number of carbonyl (C=O) groups excluding carboxylic acids is 1. The lowest BCUT2D eigenvalue weighted by atomic mass is 10.3. The van der Waals surface area contributed by atoms with Crippen LogP contribution >= 0.6 is 11.6 Å². The van der Waals surface area contributed by atoms with Crippen LogP contribution in [0, 0.1) is 0 Å². The van der Waals surface area contributed by atoms with Crippen molar-refractivity contribution in [1.82, 2.24) is 4.90 Å². The first-order valence-corrected chi connectivity index (χ1v) is 5.52. The lowest BCUT2D eigenvalue weighted by molar-refractivity contribution is 0.176. The monoisotopic (exact) mass is 240 g/mol. The van der Waals surface area contributed by atoms with Gasteiger partial charge in [-0.2, -0.15) is 0 Å². The van der Waals surface area contributed by atoms with Crippen LogP contribution in [0.4, 0.5) is 10.5 Å². The number of halogens is 1. The lowest BCUT2D eigenvalue weighted by Crippen LogP contribution is -2.33. The highest BCUT2D eigenvalue weighted by atomic mass is 35.5. The Labute approximate surface area is 98.8 Å². The number of aliphatic hydroxyl groups excluding tert-OH is 1. The van der Waals surface area contributed by atoms with Crippen molar-refractivity contribution >= 4 is 23.3 Å². The number of nitrogens with zero attached hydrogens (tertiary/aromatic N) is 1. The van der Waals surface area contributed by atoms with Gasteiger partial charge in [0.15, 0.2) is 0 Å². The second kappa shape index (κ2) is 4.72. The van der Waals surface area contributed by atoms with E-state index in [2.05, 4.69) is 5.32 Å². The topological polar surface area (TPSA) is 52.6 Å². The molecule has 0 saturated carbocycles. The van der Waals surface area contributed by atoms with Crippen LogP contribution in [-0.2, 0) is 0 Å². The van der Waals surface area contributed by atoms with E-state index in [1.165, 1.54) is 0 Å². The van der Waals surface area contributed by atoms with Crippen LogP contribution in [-0.4, -0.2) is 35.2 Å². The van der Waals surface area contributed by atoms with Gasteiger partial charge in [0.05, 0.1) is 6.10 Å². The summed E-state index contributed by atoms with van der Waals surface area (Å²) in [6, 6.07) is 6.79. The number of rotatable bonds is 1. The van der Waals surface area contributed by atoms with Crippen LogP contribution in [0.5, 0.6) is 0 Å². The van der Waals surface area contributed by atoms with Gasteiger partial charge >= 0.3 is 6.03 Å². The summed E-state index contributed by atoms with van der Waals surface area (Å²) in [5.41, 5.74) is 0.666. The average Bonchev–Trinajstić information content (AvgIpc) is 2.65. The van der Waals surface area contributed by atoms with E-state index in [4.69, 9.17) is 11.6 Å². The zero-order valence-electron chi connectivity index (χ0n) is 8.69. The van der Waals surface area contributed by atoms with Crippen molar-refractivity contribution in [3.8, 4) is 0 Å². The fourth-order valence-electron chi connectivity index (χ4n) is 1.70.